The molecule has 1 heterocycles. The van der Waals surface area contributed by atoms with E-state index in [-0.39, 0.29) is 0 Å². The van der Waals surface area contributed by atoms with E-state index >= 15 is 0 Å². The van der Waals surface area contributed by atoms with Crippen LogP contribution in [0.1, 0.15) is 0 Å². The highest BCUT2D eigenvalue weighted by Gasteiger charge is 2.01. The SMILES string of the molecule is CN(C)c1cc(-c2ccc(Cl)cc2)ccn1. The van der Waals surface area contributed by atoms with E-state index in [1.165, 1.54) is 0 Å². The van der Waals surface area contributed by atoms with Crippen molar-refractivity contribution in [3.63, 3.8) is 0 Å². The molecule has 0 saturated heterocycles. The van der Waals surface area contributed by atoms with Crippen LogP contribution < -0.4 is 4.90 Å². The van der Waals surface area contributed by atoms with Crippen molar-refractivity contribution >= 4 is 17.4 Å². The minimum Gasteiger partial charge on any atom is -0.363 e. The zero-order valence-electron chi connectivity index (χ0n) is 9.31. The highest BCUT2D eigenvalue weighted by molar-refractivity contribution is 6.30. The number of pyridine rings is 1. The number of nitrogens with zero attached hydrogens (tertiary/aromatic N) is 2. The van der Waals surface area contributed by atoms with Gasteiger partial charge in [0.05, 0.1) is 0 Å². The van der Waals surface area contributed by atoms with Gasteiger partial charge in [-0.1, -0.05) is 23.7 Å². The first-order valence-corrected chi connectivity index (χ1v) is 5.44. The van der Waals surface area contributed by atoms with Crippen LogP contribution in [0.25, 0.3) is 11.1 Å². The maximum absolute atomic E-state index is 5.86. The van der Waals surface area contributed by atoms with Gasteiger partial charge in [-0.3, -0.25) is 0 Å². The fraction of sp³-hybridized carbons (Fsp3) is 0.154. The predicted molar refractivity (Wildman–Crippen MR) is 69.0 cm³/mol. The second-order valence-electron chi connectivity index (χ2n) is 3.80. The van der Waals surface area contributed by atoms with E-state index in [9.17, 15) is 0 Å². The van der Waals surface area contributed by atoms with Gasteiger partial charge in [0, 0.05) is 25.3 Å². The van der Waals surface area contributed by atoms with Crippen LogP contribution in [0.4, 0.5) is 5.82 Å². The van der Waals surface area contributed by atoms with E-state index in [4.69, 9.17) is 11.6 Å². The molecule has 16 heavy (non-hydrogen) atoms. The molecule has 0 spiro atoms. The number of benzene rings is 1. The Balaban J connectivity index is 2.40. The molecule has 0 atom stereocenters. The Kier molecular flexibility index (Phi) is 3.11. The lowest BCUT2D eigenvalue weighted by atomic mass is 10.1. The first-order valence-electron chi connectivity index (χ1n) is 5.06. The van der Waals surface area contributed by atoms with Crippen LogP contribution in [0.3, 0.4) is 0 Å². The summed E-state index contributed by atoms with van der Waals surface area (Å²) in [5.41, 5.74) is 2.30. The lowest BCUT2D eigenvalue weighted by Gasteiger charge is -2.12. The zero-order chi connectivity index (χ0) is 11.5. The van der Waals surface area contributed by atoms with Crippen LogP contribution in [-0.2, 0) is 0 Å². The summed E-state index contributed by atoms with van der Waals surface area (Å²) in [6, 6.07) is 11.9. The zero-order valence-corrected chi connectivity index (χ0v) is 10.1. The standard InChI is InChI=1S/C13H13ClN2/c1-16(2)13-9-11(7-8-15-13)10-3-5-12(14)6-4-10/h3-9H,1-2H3. The molecule has 0 aliphatic rings. The molecule has 82 valence electrons. The molecule has 1 aromatic carbocycles. The van der Waals surface area contributed by atoms with Crippen LogP contribution in [0.2, 0.25) is 5.02 Å². The number of aromatic nitrogens is 1. The molecule has 0 radical (unpaired) electrons. The second-order valence-corrected chi connectivity index (χ2v) is 4.24. The predicted octanol–water partition coefficient (Wildman–Crippen LogP) is 3.47. The summed E-state index contributed by atoms with van der Waals surface area (Å²) in [4.78, 5) is 6.27. The molecule has 0 bridgehead atoms. The molecular weight excluding hydrogens is 220 g/mol. The topological polar surface area (TPSA) is 16.1 Å². The van der Waals surface area contributed by atoms with Gasteiger partial charge in [-0.15, -0.1) is 0 Å². The minimum absolute atomic E-state index is 0.755. The van der Waals surface area contributed by atoms with Crippen molar-refractivity contribution in [2.75, 3.05) is 19.0 Å². The molecule has 0 aliphatic heterocycles. The van der Waals surface area contributed by atoms with Crippen molar-refractivity contribution in [1.82, 2.24) is 4.98 Å². The first-order chi connectivity index (χ1) is 7.66. The average Bonchev–Trinajstić information content (AvgIpc) is 2.30. The molecule has 0 unspecified atom stereocenters. The van der Waals surface area contributed by atoms with Crippen LogP contribution in [0, 0.1) is 0 Å². The van der Waals surface area contributed by atoms with Gasteiger partial charge in [0.25, 0.3) is 0 Å². The lowest BCUT2D eigenvalue weighted by molar-refractivity contribution is 1.07. The molecule has 3 heteroatoms. The Labute approximate surface area is 101 Å². The highest BCUT2D eigenvalue weighted by Crippen LogP contribution is 2.23. The third-order valence-corrected chi connectivity index (χ3v) is 2.63. The van der Waals surface area contributed by atoms with Gasteiger partial charge in [-0.2, -0.15) is 0 Å². The minimum atomic E-state index is 0.755. The Bertz CT molecular complexity index is 478. The molecule has 0 fully saturated rings. The molecule has 2 rings (SSSR count). The van der Waals surface area contributed by atoms with E-state index in [0.29, 0.717) is 0 Å². The number of hydrogen-bond donors (Lipinski definition) is 0. The van der Waals surface area contributed by atoms with E-state index in [0.717, 1.165) is 22.0 Å². The van der Waals surface area contributed by atoms with Crippen LogP contribution in [-0.4, -0.2) is 19.1 Å². The Morgan fingerprint density at radius 2 is 1.69 bits per heavy atom. The molecular formula is C13H13ClN2. The Morgan fingerprint density at radius 3 is 2.31 bits per heavy atom. The second kappa shape index (κ2) is 4.54. The van der Waals surface area contributed by atoms with Crippen molar-refractivity contribution < 1.29 is 0 Å². The summed E-state index contributed by atoms with van der Waals surface area (Å²) in [5, 5.41) is 0.755. The molecule has 1 aromatic heterocycles. The van der Waals surface area contributed by atoms with Gasteiger partial charge < -0.3 is 4.90 Å². The molecule has 0 N–H and O–H groups in total. The van der Waals surface area contributed by atoms with Crippen molar-refractivity contribution in [3.05, 3.63) is 47.6 Å². The van der Waals surface area contributed by atoms with Gasteiger partial charge in [0.15, 0.2) is 0 Å². The molecule has 0 aliphatic carbocycles. The number of halogens is 1. The van der Waals surface area contributed by atoms with E-state index in [1.807, 2.05) is 55.5 Å². The summed E-state index contributed by atoms with van der Waals surface area (Å²) < 4.78 is 0. The van der Waals surface area contributed by atoms with Crippen LogP contribution in [0.15, 0.2) is 42.6 Å². The van der Waals surface area contributed by atoms with Crippen LogP contribution >= 0.6 is 11.6 Å². The van der Waals surface area contributed by atoms with Crippen molar-refractivity contribution in [1.29, 1.82) is 0 Å². The lowest BCUT2D eigenvalue weighted by Crippen LogP contribution is -2.10. The summed E-state index contributed by atoms with van der Waals surface area (Å²) in [6.45, 7) is 0. The molecule has 2 aromatic rings. The van der Waals surface area contributed by atoms with Gasteiger partial charge >= 0.3 is 0 Å². The maximum atomic E-state index is 5.86. The smallest absolute Gasteiger partial charge is 0.128 e. The van der Waals surface area contributed by atoms with Crippen molar-refractivity contribution in [3.8, 4) is 11.1 Å². The third-order valence-electron chi connectivity index (χ3n) is 2.38. The van der Waals surface area contributed by atoms with E-state index < -0.39 is 0 Å². The molecule has 2 nitrogen and oxygen atoms in total. The fourth-order valence-electron chi connectivity index (χ4n) is 1.48. The third kappa shape index (κ3) is 2.34. The number of hydrogen-bond acceptors (Lipinski definition) is 2. The van der Waals surface area contributed by atoms with Gasteiger partial charge in [0.2, 0.25) is 0 Å². The number of rotatable bonds is 2. The van der Waals surface area contributed by atoms with Crippen LogP contribution in [0.5, 0.6) is 0 Å². The largest absolute Gasteiger partial charge is 0.363 e. The van der Waals surface area contributed by atoms with Crippen molar-refractivity contribution in [2.24, 2.45) is 0 Å². The quantitative estimate of drug-likeness (QED) is 0.788. The Hall–Kier alpha value is -1.54. The average molecular weight is 233 g/mol. The van der Waals surface area contributed by atoms with Gasteiger partial charge in [0.1, 0.15) is 5.82 Å². The van der Waals surface area contributed by atoms with Crippen molar-refractivity contribution in [2.45, 2.75) is 0 Å². The fourth-order valence-corrected chi connectivity index (χ4v) is 1.61. The van der Waals surface area contributed by atoms with Gasteiger partial charge in [-0.05, 0) is 35.4 Å². The Morgan fingerprint density at radius 1 is 1.00 bits per heavy atom. The molecule has 0 amide bonds. The van der Waals surface area contributed by atoms with E-state index in [1.54, 1.807) is 0 Å². The maximum Gasteiger partial charge on any atom is 0.128 e. The summed E-state index contributed by atoms with van der Waals surface area (Å²) in [5.74, 6) is 0.951. The highest BCUT2D eigenvalue weighted by atomic mass is 35.5. The van der Waals surface area contributed by atoms with Gasteiger partial charge in [-0.25, -0.2) is 4.98 Å². The normalized spacial score (nSPS) is 10.2. The monoisotopic (exact) mass is 232 g/mol. The summed E-state index contributed by atoms with van der Waals surface area (Å²) >= 11 is 5.86. The first kappa shape index (κ1) is 11.0. The summed E-state index contributed by atoms with van der Waals surface area (Å²) in [6.07, 6.45) is 1.82. The van der Waals surface area contributed by atoms with E-state index in [2.05, 4.69) is 11.1 Å². The molecule has 0 saturated carbocycles. The summed E-state index contributed by atoms with van der Waals surface area (Å²) in [7, 11) is 3.96. The number of anilines is 1.